The molecule has 0 aromatic heterocycles. The number of guanidine groups is 1. The van der Waals surface area contributed by atoms with Crippen molar-refractivity contribution in [3.05, 3.63) is 0 Å². The van der Waals surface area contributed by atoms with E-state index < -0.39 is 0 Å². The Morgan fingerprint density at radius 3 is 2.67 bits per heavy atom. The highest BCUT2D eigenvalue weighted by atomic mass is 15.2. The second kappa shape index (κ2) is 8.02. The molecule has 0 bridgehead atoms. The fourth-order valence-electron chi connectivity index (χ4n) is 3.66. The highest BCUT2D eigenvalue weighted by Crippen LogP contribution is 2.42. The molecule has 1 aliphatic carbocycles. The van der Waals surface area contributed by atoms with E-state index in [9.17, 15) is 0 Å². The molecule has 2 fully saturated rings. The van der Waals surface area contributed by atoms with Crippen molar-refractivity contribution in [3.63, 3.8) is 0 Å². The third-order valence-electron chi connectivity index (χ3n) is 5.49. The Kier molecular flexibility index (Phi) is 6.34. The van der Waals surface area contributed by atoms with Gasteiger partial charge in [-0.2, -0.15) is 0 Å². The fraction of sp³-hybridized carbons (Fsp3) is 0.941. The third-order valence-corrected chi connectivity index (χ3v) is 5.49. The molecule has 2 rings (SSSR count). The third kappa shape index (κ3) is 4.60. The van der Waals surface area contributed by atoms with E-state index in [2.05, 4.69) is 34.4 Å². The van der Waals surface area contributed by atoms with Gasteiger partial charge >= 0.3 is 0 Å². The van der Waals surface area contributed by atoms with Gasteiger partial charge in [0.1, 0.15) is 0 Å². The zero-order valence-corrected chi connectivity index (χ0v) is 14.2. The number of hydrogen-bond donors (Lipinski definition) is 2. The summed E-state index contributed by atoms with van der Waals surface area (Å²) in [5.74, 6) is 1.77. The SMILES string of the molecule is CCCN1CCC(CNC(=NC)NCC2(CC)CCC2)C1. The quantitative estimate of drug-likeness (QED) is 0.560. The van der Waals surface area contributed by atoms with Crippen molar-refractivity contribution in [2.75, 3.05) is 39.8 Å². The van der Waals surface area contributed by atoms with E-state index in [1.165, 1.54) is 58.2 Å². The van der Waals surface area contributed by atoms with Gasteiger partial charge in [-0.3, -0.25) is 4.99 Å². The van der Waals surface area contributed by atoms with Crippen molar-refractivity contribution in [1.82, 2.24) is 15.5 Å². The molecule has 0 radical (unpaired) electrons. The largest absolute Gasteiger partial charge is 0.356 e. The van der Waals surface area contributed by atoms with E-state index in [1.54, 1.807) is 0 Å². The van der Waals surface area contributed by atoms with Crippen LogP contribution >= 0.6 is 0 Å². The van der Waals surface area contributed by atoms with Crippen molar-refractivity contribution < 1.29 is 0 Å². The molecule has 2 N–H and O–H groups in total. The van der Waals surface area contributed by atoms with Crippen molar-refractivity contribution in [2.24, 2.45) is 16.3 Å². The molecule has 0 spiro atoms. The fourth-order valence-corrected chi connectivity index (χ4v) is 3.66. The summed E-state index contributed by atoms with van der Waals surface area (Å²) < 4.78 is 0. The van der Waals surface area contributed by atoms with E-state index >= 15 is 0 Å². The van der Waals surface area contributed by atoms with Crippen LogP contribution in [0.1, 0.15) is 52.4 Å². The van der Waals surface area contributed by atoms with Crippen LogP contribution in [0.4, 0.5) is 0 Å². The maximum Gasteiger partial charge on any atom is 0.191 e. The first kappa shape index (κ1) is 16.6. The minimum atomic E-state index is 0.545. The van der Waals surface area contributed by atoms with Crippen LogP contribution in [-0.4, -0.2) is 50.6 Å². The molecule has 0 amide bonds. The molecule has 4 nitrogen and oxygen atoms in total. The molecule has 4 heteroatoms. The standard InChI is InChI=1S/C17H34N4/c1-4-10-21-11-7-15(13-21)12-19-16(18-3)20-14-17(5-2)8-6-9-17/h15H,4-14H2,1-3H3,(H2,18,19,20). The molecule has 1 aliphatic heterocycles. The van der Waals surface area contributed by atoms with Crippen LogP contribution in [0.3, 0.4) is 0 Å². The Labute approximate surface area is 130 Å². The second-order valence-electron chi connectivity index (χ2n) is 6.97. The van der Waals surface area contributed by atoms with Gasteiger partial charge in [0.2, 0.25) is 0 Å². The number of nitrogens with zero attached hydrogens (tertiary/aromatic N) is 2. The Hall–Kier alpha value is -0.770. The maximum atomic E-state index is 4.38. The highest BCUT2D eigenvalue weighted by Gasteiger charge is 2.34. The van der Waals surface area contributed by atoms with Gasteiger partial charge in [0, 0.05) is 26.7 Å². The van der Waals surface area contributed by atoms with Crippen molar-refractivity contribution in [3.8, 4) is 0 Å². The van der Waals surface area contributed by atoms with Gasteiger partial charge in [-0.05, 0) is 56.5 Å². The summed E-state index contributed by atoms with van der Waals surface area (Å²) in [6, 6.07) is 0. The van der Waals surface area contributed by atoms with Crippen LogP contribution < -0.4 is 10.6 Å². The van der Waals surface area contributed by atoms with Crippen LogP contribution in [0.15, 0.2) is 4.99 Å². The van der Waals surface area contributed by atoms with Crippen LogP contribution in [0.2, 0.25) is 0 Å². The minimum Gasteiger partial charge on any atom is -0.356 e. The number of hydrogen-bond acceptors (Lipinski definition) is 2. The van der Waals surface area contributed by atoms with Crippen LogP contribution in [-0.2, 0) is 0 Å². The van der Waals surface area contributed by atoms with Gasteiger partial charge in [-0.1, -0.05) is 20.3 Å². The van der Waals surface area contributed by atoms with E-state index in [1.807, 2.05) is 7.05 Å². The Balaban J connectivity index is 1.66. The van der Waals surface area contributed by atoms with E-state index in [4.69, 9.17) is 0 Å². The lowest BCUT2D eigenvalue weighted by atomic mass is 9.67. The molecular weight excluding hydrogens is 260 g/mol. The van der Waals surface area contributed by atoms with Crippen LogP contribution in [0.25, 0.3) is 0 Å². The lowest BCUT2D eigenvalue weighted by Gasteiger charge is -2.41. The van der Waals surface area contributed by atoms with E-state index in [0.29, 0.717) is 5.41 Å². The van der Waals surface area contributed by atoms with Gasteiger partial charge in [0.25, 0.3) is 0 Å². The summed E-state index contributed by atoms with van der Waals surface area (Å²) in [6.07, 6.45) is 8.03. The first-order valence-electron chi connectivity index (χ1n) is 8.88. The van der Waals surface area contributed by atoms with E-state index in [-0.39, 0.29) is 0 Å². The van der Waals surface area contributed by atoms with Gasteiger partial charge in [0.15, 0.2) is 5.96 Å². The van der Waals surface area contributed by atoms with Crippen molar-refractivity contribution in [1.29, 1.82) is 0 Å². The molecule has 0 aromatic rings. The molecule has 122 valence electrons. The smallest absolute Gasteiger partial charge is 0.191 e. The monoisotopic (exact) mass is 294 g/mol. The first-order valence-corrected chi connectivity index (χ1v) is 8.88. The second-order valence-corrected chi connectivity index (χ2v) is 6.97. The molecule has 0 aromatic carbocycles. The normalized spacial score (nSPS) is 25.7. The molecule has 1 heterocycles. The number of likely N-dealkylation sites (tertiary alicyclic amines) is 1. The van der Waals surface area contributed by atoms with Gasteiger partial charge in [-0.25, -0.2) is 0 Å². The zero-order chi connectivity index (χ0) is 15.1. The molecule has 1 unspecified atom stereocenters. The lowest BCUT2D eigenvalue weighted by Crippen LogP contribution is -2.47. The number of nitrogens with one attached hydrogen (secondary N) is 2. The Morgan fingerprint density at radius 1 is 1.29 bits per heavy atom. The van der Waals surface area contributed by atoms with Gasteiger partial charge in [-0.15, -0.1) is 0 Å². The first-order chi connectivity index (χ1) is 10.2. The topological polar surface area (TPSA) is 39.7 Å². The molecule has 1 atom stereocenters. The highest BCUT2D eigenvalue weighted by molar-refractivity contribution is 5.79. The molecular formula is C17H34N4. The predicted molar refractivity (Wildman–Crippen MR) is 90.8 cm³/mol. The summed E-state index contributed by atoms with van der Waals surface area (Å²) in [5.41, 5.74) is 0.545. The van der Waals surface area contributed by atoms with Gasteiger partial charge < -0.3 is 15.5 Å². The van der Waals surface area contributed by atoms with Crippen molar-refractivity contribution >= 4 is 5.96 Å². The molecule has 2 aliphatic rings. The number of rotatable bonds is 7. The summed E-state index contributed by atoms with van der Waals surface area (Å²) in [4.78, 5) is 6.97. The number of aliphatic imine (C=N–C) groups is 1. The Bertz CT molecular complexity index is 330. The van der Waals surface area contributed by atoms with Gasteiger partial charge in [0.05, 0.1) is 0 Å². The maximum absolute atomic E-state index is 4.38. The lowest BCUT2D eigenvalue weighted by molar-refractivity contribution is 0.131. The van der Waals surface area contributed by atoms with Crippen LogP contribution in [0, 0.1) is 11.3 Å². The van der Waals surface area contributed by atoms with Crippen LogP contribution in [0.5, 0.6) is 0 Å². The van der Waals surface area contributed by atoms with Crippen molar-refractivity contribution in [2.45, 2.75) is 52.4 Å². The Morgan fingerprint density at radius 2 is 2.10 bits per heavy atom. The minimum absolute atomic E-state index is 0.545. The summed E-state index contributed by atoms with van der Waals surface area (Å²) in [7, 11) is 1.88. The average molecular weight is 294 g/mol. The summed E-state index contributed by atoms with van der Waals surface area (Å²) in [6.45, 7) is 10.5. The molecule has 21 heavy (non-hydrogen) atoms. The predicted octanol–water partition coefficient (Wildman–Crippen LogP) is 2.46. The summed E-state index contributed by atoms with van der Waals surface area (Å²) >= 11 is 0. The zero-order valence-electron chi connectivity index (χ0n) is 14.2. The molecule has 1 saturated heterocycles. The average Bonchev–Trinajstić information content (AvgIpc) is 2.89. The molecule has 1 saturated carbocycles. The van der Waals surface area contributed by atoms with E-state index in [0.717, 1.165) is 25.0 Å². The summed E-state index contributed by atoms with van der Waals surface area (Å²) in [5, 5.41) is 7.08.